The Balaban J connectivity index is 1.74. The van der Waals surface area contributed by atoms with Crippen LogP contribution in [-0.2, 0) is 18.9 Å². The van der Waals surface area contributed by atoms with E-state index in [9.17, 15) is 25.5 Å². The van der Waals surface area contributed by atoms with Gasteiger partial charge in [-0.3, -0.25) is 0 Å². The second kappa shape index (κ2) is 12.5. The van der Waals surface area contributed by atoms with Gasteiger partial charge in [-0.2, -0.15) is 0 Å². The molecule has 4 aliphatic rings. The highest BCUT2D eigenvalue weighted by Crippen LogP contribution is 2.55. The molecule has 0 spiro atoms. The minimum Gasteiger partial charge on any atom is -0.392 e. The van der Waals surface area contributed by atoms with Crippen LogP contribution in [0.2, 0.25) is 0 Å². The number of hydrogen-bond donors (Lipinski definition) is 5. The molecule has 1 aliphatic heterocycles. The summed E-state index contributed by atoms with van der Waals surface area (Å²) in [5.74, 6) is 0.178. The van der Waals surface area contributed by atoms with E-state index >= 15 is 0 Å². The third-order valence-corrected chi connectivity index (χ3v) is 10.1. The Morgan fingerprint density at radius 1 is 1.07 bits per heavy atom. The fourth-order valence-corrected chi connectivity index (χ4v) is 7.30. The molecule has 12 atom stereocenters. The van der Waals surface area contributed by atoms with E-state index in [4.69, 9.17) is 18.9 Å². The van der Waals surface area contributed by atoms with Gasteiger partial charge in [-0.1, -0.05) is 44.1 Å². The van der Waals surface area contributed by atoms with Crippen molar-refractivity contribution in [3.8, 4) is 0 Å². The van der Waals surface area contributed by atoms with Crippen molar-refractivity contribution in [2.75, 3.05) is 20.3 Å². The maximum atomic E-state index is 12.0. The molecule has 2 fully saturated rings. The summed E-state index contributed by atoms with van der Waals surface area (Å²) < 4.78 is 24.0. The predicted octanol–water partition coefficient (Wildman–Crippen LogP) is 2.49. The zero-order valence-corrected chi connectivity index (χ0v) is 25.7. The van der Waals surface area contributed by atoms with E-state index < -0.39 is 60.0 Å². The van der Waals surface area contributed by atoms with Crippen LogP contribution in [0.5, 0.6) is 0 Å². The van der Waals surface area contributed by atoms with Crippen LogP contribution in [0.4, 0.5) is 0 Å². The van der Waals surface area contributed by atoms with Crippen molar-refractivity contribution in [2.24, 2.45) is 29.1 Å². The molecular weight excluding hydrogens is 528 g/mol. The summed E-state index contributed by atoms with van der Waals surface area (Å²) in [6.07, 6.45) is -3.38. The summed E-state index contributed by atoms with van der Waals surface area (Å²) in [7, 11) is 1.70. The standard InChI is InChI=1S/C32H52O9/c1-9-31(5,6)39-15-22-26(35)27(36)28(37)30(40-22)41-29-24-20(16(2)3)12-23(33)32(24,7)13-21-18(14-38-8)10-11-19(21)17(4)25(29)34/h9,13,16-19,22-23,25-30,33-37H,1,10-12,14-15H2,2-8H3. The van der Waals surface area contributed by atoms with Crippen molar-refractivity contribution in [1.82, 2.24) is 0 Å². The number of methoxy groups -OCH3 is 1. The molecule has 0 aromatic carbocycles. The topological polar surface area (TPSA) is 138 Å². The zero-order chi connectivity index (χ0) is 30.4. The highest BCUT2D eigenvalue weighted by Gasteiger charge is 2.55. The molecule has 0 bridgehead atoms. The van der Waals surface area contributed by atoms with Crippen molar-refractivity contribution < 1.29 is 44.5 Å². The highest BCUT2D eigenvalue weighted by atomic mass is 16.7. The smallest absolute Gasteiger partial charge is 0.187 e. The molecule has 3 aliphatic carbocycles. The first-order valence-corrected chi connectivity index (χ1v) is 15.1. The number of rotatable bonds is 9. The van der Waals surface area contributed by atoms with Gasteiger partial charge in [0.1, 0.15) is 30.5 Å². The van der Waals surface area contributed by atoms with Gasteiger partial charge < -0.3 is 44.5 Å². The first kappa shape index (κ1) is 32.8. The van der Waals surface area contributed by atoms with Crippen LogP contribution in [0.1, 0.15) is 60.8 Å². The lowest BCUT2D eigenvalue weighted by Crippen LogP contribution is -2.61. The minimum absolute atomic E-state index is 0.0706. The molecule has 9 nitrogen and oxygen atoms in total. The Morgan fingerprint density at radius 3 is 2.37 bits per heavy atom. The zero-order valence-electron chi connectivity index (χ0n) is 25.7. The Bertz CT molecular complexity index is 1010. The second-order valence-electron chi connectivity index (χ2n) is 13.6. The molecule has 41 heavy (non-hydrogen) atoms. The summed E-state index contributed by atoms with van der Waals surface area (Å²) in [6, 6.07) is 0. The summed E-state index contributed by atoms with van der Waals surface area (Å²) in [6.45, 7) is 16.0. The van der Waals surface area contributed by atoms with Crippen LogP contribution < -0.4 is 0 Å². The fourth-order valence-electron chi connectivity index (χ4n) is 7.30. The highest BCUT2D eigenvalue weighted by molar-refractivity contribution is 5.43. The quantitative estimate of drug-likeness (QED) is 0.261. The first-order chi connectivity index (χ1) is 19.2. The van der Waals surface area contributed by atoms with Crippen LogP contribution in [0.25, 0.3) is 0 Å². The van der Waals surface area contributed by atoms with E-state index in [1.807, 2.05) is 27.7 Å². The van der Waals surface area contributed by atoms with E-state index in [1.54, 1.807) is 13.2 Å². The molecular formula is C32H52O9. The normalized spacial score (nSPS) is 43.4. The van der Waals surface area contributed by atoms with Crippen LogP contribution in [0, 0.1) is 29.1 Å². The van der Waals surface area contributed by atoms with E-state index in [0.717, 1.165) is 24.0 Å². The number of fused-ring (bicyclic) bond motifs is 2. The molecule has 234 valence electrons. The Labute approximate surface area is 244 Å². The number of hydrogen-bond acceptors (Lipinski definition) is 9. The second-order valence-corrected chi connectivity index (χ2v) is 13.6. The largest absolute Gasteiger partial charge is 0.392 e. The minimum atomic E-state index is -1.56. The number of ether oxygens (including phenoxy) is 4. The van der Waals surface area contributed by atoms with E-state index in [2.05, 4.69) is 26.5 Å². The summed E-state index contributed by atoms with van der Waals surface area (Å²) in [5.41, 5.74) is 1.51. The van der Waals surface area contributed by atoms with Gasteiger partial charge in [0.15, 0.2) is 6.29 Å². The third kappa shape index (κ3) is 6.12. The van der Waals surface area contributed by atoms with Crippen molar-refractivity contribution in [3.05, 3.63) is 35.5 Å². The van der Waals surface area contributed by atoms with Gasteiger partial charge in [0.25, 0.3) is 0 Å². The van der Waals surface area contributed by atoms with Crippen molar-refractivity contribution >= 4 is 0 Å². The average Bonchev–Trinajstić information content (AvgIpc) is 3.42. The monoisotopic (exact) mass is 580 g/mol. The Hall–Kier alpha value is -1.14. The van der Waals surface area contributed by atoms with Crippen LogP contribution in [0.15, 0.2) is 35.5 Å². The van der Waals surface area contributed by atoms with Crippen molar-refractivity contribution in [3.63, 3.8) is 0 Å². The molecule has 0 amide bonds. The summed E-state index contributed by atoms with van der Waals surface area (Å²) in [4.78, 5) is 0. The Kier molecular flexibility index (Phi) is 9.96. The van der Waals surface area contributed by atoms with Gasteiger partial charge in [-0.15, -0.1) is 6.58 Å². The molecule has 1 heterocycles. The molecule has 0 radical (unpaired) electrons. The molecule has 12 unspecified atom stereocenters. The van der Waals surface area contributed by atoms with Gasteiger partial charge >= 0.3 is 0 Å². The van der Waals surface area contributed by atoms with Crippen molar-refractivity contribution in [2.45, 2.75) is 115 Å². The summed E-state index contributed by atoms with van der Waals surface area (Å²) in [5, 5.41) is 56.0. The molecule has 0 aromatic rings. The lowest BCUT2D eigenvalue weighted by atomic mass is 9.68. The first-order valence-electron chi connectivity index (χ1n) is 15.1. The average molecular weight is 581 g/mol. The van der Waals surface area contributed by atoms with E-state index in [1.165, 1.54) is 5.57 Å². The van der Waals surface area contributed by atoms with Gasteiger partial charge in [0.2, 0.25) is 0 Å². The molecule has 9 heteroatoms. The maximum absolute atomic E-state index is 12.0. The maximum Gasteiger partial charge on any atom is 0.187 e. The van der Waals surface area contributed by atoms with Crippen LogP contribution in [0.3, 0.4) is 0 Å². The van der Waals surface area contributed by atoms with Gasteiger partial charge in [-0.05, 0) is 63.4 Å². The summed E-state index contributed by atoms with van der Waals surface area (Å²) >= 11 is 0. The predicted molar refractivity (Wildman–Crippen MR) is 154 cm³/mol. The molecule has 4 rings (SSSR count). The van der Waals surface area contributed by atoms with Crippen molar-refractivity contribution in [1.29, 1.82) is 0 Å². The molecule has 1 saturated heterocycles. The SMILES string of the molecule is C=CC(C)(C)OCC1OC(OC2C3=C(C(C)C)CC(O)C3(C)C=C3C(COC)CCC3C(C)C2O)C(O)C(O)C1O. The number of aliphatic hydroxyl groups excluding tert-OH is 5. The lowest BCUT2D eigenvalue weighted by molar-refractivity contribution is -0.319. The fraction of sp³-hybridized carbons (Fsp3) is 0.812. The molecule has 5 N–H and O–H groups in total. The Morgan fingerprint density at radius 2 is 1.76 bits per heavy atom. The molecule has 0 aromatic heterocycles. The van der Waals surface area contributed by atoms with E-state index in [0.29, 0.717) is 13.0 Å². The van der Waals surface area contributed by atoms with E-state index in [-0.39, 0.29) is 30.3 Å². The van der Waals surface area contributed by atoms with Crippen LogP contribution in [-0.4, -0.2) is 100 Å². The number of aliphatic hydroxyl groups is 5. The van der Waals surface area contributed by atoms with Gasteiger partial charge in [0, 0.05) is 18.4 Å². The third-order valence-electron chi connectivity index (χ3n) is 10.1. The van der Waals surface area contributed by atoms with Gasteiger partial charge in [-0.25, -0.2) is 0 Å². The lowest BCUT2D eigenvalue weighted by Gasteiger charge is -2.46. The molecule has 1 saturated carbocycles. The van der Waals surface area contributed by atoms with Gasteiger partial charge in [0.05, 0.1) is 31.0 Å². The van der Waals surface area contributed by atoms with Crippen LogP contribution >= 0.6 is 0 Å².